The zero-order valence-electron chi connectivity index (χ0n) is 22.0. The van der Waals surface area contributed by atoms with Gasteiger partial charge in [0.15, 0.2) is 0 Å². The Morgan fingerprint density at radius 2 is 1.79 bits per heavy atom. The van der Waals surface area contributed by atoms with Crippen LogP contribution in [0.2, 0.25) is 0 Å². The lowest BCUT2D eigenvalue weighted by molar-refractivity contribution is -0.159. The third-order valence-corrected chi connectivity index (χ3v) is 9.00. The van der Waals surface area contributed by atoms with Crippen LogP contribution in [0.15, 0.2) is 29.8 Å². The van der Waals surface area contributed by atoms with Crippen molar-refractivity contribution in [2.24, 2.45) is 23.7 Å². The first-order valence-corrected chi connectivity index (χ1v) is 13.2. The fraction of sp³-hybridized carbons (Fsp3) is 0.690. The van der Waals surface area contributed by atoms with Crippen molar-refractivity contribution in [3.8, 4) is 0 Å². The molecule has 0 radical (unpaired) electrons. The number of aryl methyl sites for hydroxylation is 2. The van der Waals surface area contributed by atoms with Gasteiger partial charge in [0.25, 0.3) is 0 Å². The molecule has 6 atom stereocenters. The molecule has 1 heterocycles. The lowest BCUT2D eigenvalue weighted by Crippen LogP contribution is -2.56. The summed E-state index contributed by atoms with van der Waals surface area (Å²) < 4.78 is 5.57. The number of ether oxygens (including phenoxy) is 1. The van der Waals surface area contributed by atoms with Gasteiger partial charge in [-0.25, -0.2) is 0 Å². The molecule has 0 aromatic heterocycles. The van der Waals surface area contributed by atoms with Gasteiger partial charge in [-0.05, 0) is 68.1 Å². The van der Waals surface area contributed by atoms with Gasteiger partial charge in [-0.2, -0.15) is 0 Å². The normalized spacial score (nSPS) is 33.1. The molecule has 1 aliphatic heterocycles. The van der Waals surface area contributed by atoms with E-state index in [0.29, 0.717) is 18.3 Å². The Morgan fingerprint density at radius 3 is 2.41 bits per heavy atom. The number of anilines is 1. The highest BCUT2D eigenvalue weighted by Gasteiger charge is 2.52. The van der Waals surface area contributed by atoms with Crippen LogP contribution in [-0.2, 0) is 9.53 Å². The van der Waals surface area contributed by atoms with E-state index < -0.39 is 5.60 Å². The highest BCUT2D eigenvalue weighted by Crippen LogP contribution is 2.51. The quantitative estimate of drug-likeness (QED) is 0.500. The van der Waals surface area contributed by atoms with Crippen molar-refractivity contribution >= 4 is 11.7 Å². The van der Waals surface area contributed by atoms with E-state index in [1.54, 1.807) is 0 Å². The Morgan fingerprint density at radius 1 is 1.15 bits per heavy atom. The molecule has 0 bridgehead atoms. The molecule has 1 aromatic rings. The molecule has 34 heavy (non-hydrogen) atoms. The number of nitrogens with zero attached hydrogens (tertiary/aromatic N) is 2. The number of esters is 1. The second-order valence-electron chi connectivity index (χ2n) is 11.4. The smallest absolute Gasteiger partial charge is 0.303 e. The number of rotatable bonds is 5. The Labute approximate surface area is 206 Å². The van der Waals surface area contributed by atoms with E-state index >= 15 is 0 Å². The number of hydrogen-bond acceptors (Lipinski definition) is 5. The maximum Gasteiger partial charge on any atom is 0.303 e. The monoisotopic (exact) mass is 468 g/mol. The van der Waals surface area contributed by atoms with Crippen molar-refractivity contribution in [1.82, 2.24) is 4.90 Å². The van der Waals surface area contributed by atoms with Crippen LogP contribution in [0, 0.1) is 37.5 Å². The van der Waals surface area contributed by atoms with Crippen molar-refractivity contribution in [3.63, 3.8) is 0 Å². The van der Waals surface area contributed by atoms with E-state index in [0.717, 1.165) is 51.1 Å². The predicted octanol–water partition coefficient (Wildman–Crippen LogP) is 4.74. The van der Waals surface area contributed by atoms with Crippen molar-refractivity contribution in [2.45, 2.75) is 72.5 Å². The minimum atomic E-state index is -0.794. The van der Waals surface area contributed by atoms with Crippen LogP contribution in [0.3, 0.4) is 0 Å². The number of piperazine rings is 1. The van der Waals surface area contributed by atoms with E-state index in [1.165, 1.54) is 23.7 Å². The summed E-state index contributed by atoms with van der Waals surface area (Å²) in [5.41, 5.74) is 4.44. The van der Waals surface area contributed by atoms with Crippen LogP contribution < -0.4 is 4.90 Å². The molecule has 1 saturated carbocycles. The standard InChI is InChI=1S/C29H44N2O3/c1-19-8-7-9-20(2)28(19)31-14-12-30(13-15-31)18-22(4)25-11-10-23(5)29(33)17-27(34-24(6)32)21(3)16-26(25)29/h7-9,16,22-23,25-27,33H,10-15,17-18H2,1-6H3/t22-,23-,25+,26-,27-,29-/m1/s1. The zero-order valence-corrected chi connectivity index (χ0v) is 22.0. The van der Waals surface area contributed by atoms with Crippen LogP contribution in [0.4, 0.5) is 5.69 Å². The number of benzene rings is 1. The summed E-state index contributed by atoms with van der Waals surface area (Å²) in [6.45, 7) is 17.9. The van der Waals surface area contributed by atoms with E-state index in [-0.39, 0.29) is 23.9 Å². The Balaban J connectivity index is 1.42. The van der Waals surface area contributed by atoms with Crippen molar-refractivity contribution < 1.29 is 14.6 Å². The van der Waals surface area contributed by atoms with Gasteiger partial charge in [0, 0.05) is 57.7 Å². The lowest BCUT2D eigenvalue weighted by atomic mass is 9.57. The van der Waals surface area contributed by atoms with Gasteiger partial charge in [-0.3, -0.25) is 9.69 Å². The Bertz CT molecular complexity index is 900. The van der Waals surface area contributed by atoms with Gasteiger partial charge in [0.2, 0.25) is 0 Å². The first-order valence-electron chi connectivity index (χ1n) is 13.2. The van der Waals surface area contributed by atoms with Gasteiger partial charge in [0.1, 0.15) is 6.10 Å². The van der Waals surface area contributed by atoms with Crippen LogP contribution in [0.1, 0.15) is 58.1 Å². The molecular formula is C29H44N2O3. The third kappa shape index (κ3) is 4.92. The van der Waals surface area contributed by atoms with Gasteiger partial charge in [-0.15, -0.1) is 0 Å². The largest absolute Gasteiger partial charge is 0.458 e. The molecule has 5 heteroatoms. The van der Waals surface area contributed by atoms with E-state index in [1.807, 2.05) is 0 Å². The second-order valence-corrected chi connectivity index (χ2v) is 11.4. The molecule has 0 unspecified atom stereocenters. The van der Waals surface area contributed by atoms with E-state index in [2.05, 4.69) is 68.7 Å². The molecule has 1 saturated heterocycles. The maximum absolute atomic E-state index is 11.8. The SMILES string of the molecule is CC(=O)O[C@@H]1C[C@@]2(O)[C@H](C)CC[C@@H]([C@H](C)CN3CCN(c4c(C)cccc4C)CC3)[C@H]2C=C1C. The number of carbonyl (C=O) groups excluding carboxylic acids is 1. The fourth-order valence-electron chi connectivity index (χ4n) is 7.00. The lowest BCUT2D eigenvalue weighted by Gasteiger charge is -2.53. The van der Waals surface area contributed by atoms with Crippen LogP contribution in [0.25, 0.3) is 0 Å². The topological polar surface area (TPSA) is 53.0 Å². The van der Waals surface area contributed by atoms with Gasteiger partial charge >= 0.3 is 5.97 Å². The van der Waals surface area contributed by atoms with Crippen LogP contribution in [0.5, 0.6) is 0 Å². The molecule has 3 aliphatic rings. The summed E-state index contributed by atoms with van der Waals surface area (Å²) in [7, 11) is 0. The minimum absolute atomic E-state index is 0.133. The molecule has 188 valence electrons. The van der Waals surface area contributed by atoms with Crippen LogP contribution in [-0.4, -0.2) is 60.4 Å². The van der Waals surface area contributed by atoms with E-state index in [9.17, 15) is 9.90 Å². The first-order chi connectivity index (χ1) is 16.1. The molecule has 0 amide bonds. The van der Waals surface area contributed by atoms with Crippen molar-refractivity contribution in [2.75, 3.05) is 37.6 Å². The van der Waals surface area contributed by atoms with Crippen LogP contribution >= 0.6 is 0 Å². The summed E-state index contributed by atoms with van der Waals surface area (Å²) in [6.07, 6.45) is 4.65. The number of fused-ring (bicyclic) bond motifs is 1. The molecule has 2 fully saturated rings. The van der Waals surface area contributed by atoms with Crippen molar-refractivity contribution in [3.05, 3.63) is 41.0 Å². The summed E-state index contributed by atoms with van der Waals surface area (Å²) in [5.74, 6) is 1.03. The highest BCUT2D eigenvalue weighted by molar-refractivity contribution is 5.66. The van der Waals surface area contributed by atoms with Crippen molar-refractivity contribution in [1.29, 1.82) is 0 Å². The molecule has 1 N–H and O–H groups in total. The summed E-state index contributed by atoms with van der Waals surface area (Å²) in [5, 5.41) is 11.8. The number of hydrogen-bond donors (Lipinski definition) is 1. The average molecular weight is 469 g/mol. The third-order valence-electron chi connectivity index (χ3n) is 9.00. The summed E-state index contributed by atoms with van der Waals surface area (Å²) in [6, 6.07) is 6.58. The van der Waals surface area contributed by atoms with Gasteiger partial charge in [0.05, 0.1) is 5.60 Å². The number of para-hydroxylation sites is 1. The fourth-order valence-corrected chi connectivity index (χ4v) is 7.00. The molecule has 0 spiro atoms. The van der Waals surface area contributed by atoms with E-state index in [4.69, 9.17) is 4.74 Å². The number of carbonyl (C=O) groups is 1. The summed E-state index contributed by atoms with van der Waals surface area (Å²) in [4.78, 5) is 16.8. The average Bonchev–Trinajstić information content (AvgIpc) is 2.77. The maximum atomic E-state index is 11.8. The minimum Gasteiger partial charge on any atom is -0.458 e. The molecule has 2 aliphatic carbocycles. The predicted molar refractivity (Wildman–Crippen MR) is 138 cm³/mol. The first kappa shape index (κ1) is 25.2. The summed E-state index contributed by atoms with van der Waals surface area (Å²) >= 11 is 0. The number of aliphatic hydroxyl groups is 1. The molecule has 4 rings (SSSR count). The molecular weight excluding hydrogens is 424 g/mol. The zero-order chi connectivity index (χ0) is 24.6. The second kappa shape index (κ2) is 10.0. The highest BCUT2D eigenvalue weighted by atomic mass is 16.5. The van der Waals surface area contributed by atoms with Gasteiger partial charge in [-0.1, -0.05) is 38.1 Å². The van der Waals surface area contributed by atoms with Gasteiger partial charge < -0.3 is 14.7 Å². The molecule has 1 aromatic carbocycles. The Hall–Kier alpha value is -1.85. The Kier molecular flexibility index (Phi) is 7.44. The molecule has 5 nitrogen and oxygen atoms in total.